The van der Waals surface area contributed by atoms with E-state index in [9.17, 15) is 0 Å². The Balaban J connectivity index is 1.33. The standard InChI is InChI=1S/C23H28Cl2N6O/c24-19-8-15-11-27-23(30-21(10-26)22(25)28-16-2-1-3-16)29-20(15)9-18(19)14-4-6-31(7-5-14)17-12-32-13-17/h8-11,14,16-17H,1-7,12-13,26H2,(H,27,29,30)/b21-10+,28-22?. The zero-order valence-corrected chi connectivity index (χ0v) is 19.4. The summed E-state index contributed by atoms with van der Waals surface area (Å²) in [5.41, 5.74) is 8.30. The predicted molar refractivity (Wildman–Crippen MR) is 130 cm³/mol. The first-order chi connectivity index (χ1) is 15.6. The van der Waals surface area contributed by atoms with E-state index in [-0.39, 0.29) is 6.04 Å². The van der Waals surface area contributed by atoms with Gasteiger partial charge in [-0.1, -0.05) is 23.2 Å². The quantitative estimate of drug-likeness (QED) is 0.607. The molecule has 3 aliphatic rings. The lowest BCUT2D eigenvalue weighted by atomic mass is 9.88. The minimum atomic E-state index is 0.282. The van der Waals surface area contributed by atoms with E-state index in [1.165, 1.54) is 12.6 Å². The van der Waals surface area contributed by atoms with Gasteiger partial charge in [0.2, 0.25) is 5.95 Å². The maximum absolute atomic E-state index is 6.67. The van der Waals surface area contributed by atoms with E-state index in [0.29, 0.717) is 28.8 Å². The van der Waals surface area contributed by atoms with Crippen molar-refractivity contribution < 1.29 is 4.74 Å². The number of allylic oxidation sites excluding steroid dienone is 1. The SMILES string of the molecule is N/C=C(/Nc1ncc2cc(Cl)c(C3CCN(C4COC4)CC3)cc2n1)C(Cl)=NC1CCC1. The first-order valence-electron chi connectivity index (χ1n) is 11.3. The predicted octanol–water partition coefficient (Wildman–Crippen LogP) is 4.26. The van der Waals surface area contributed by atoms with Crippen LogP contribution in [-0.4, -0.2) is 58.4 Å². The molecule has 3 fully saturated rings. The molecular formula is C23H28Cl2N6O. The second kappa shape index (κ2) is 9.51. The molecule has 0 radical (unpaired) electrons. The molecule has 0 amide bonds. The van der Waals surface area contributed by atoms with Gasteiger partial charge in [0.25, 0.3) is 0 Å². The van der Waals surface area contributed by atoms with Gasteiger partial charge < -0.3 is 15.8 Å². The number of nitrogens with zero attached hydrogens (tertiary/aromatic N) is 4. The van der Waals surface area contributed by atoms with Crippen LogP contribution in [0.1, 0.15) is 43.6 Å². The molecule has 32 heavy (non-hydrogen) atoms. The molecule has 3 heterocycles. The second-order valence-electron chi connectivity index (χ2n) is 8.84. The van der Waals surface area contributed by atoms with Gasteiger partial charge in [0.05, 0.1) is 36.5 Å². The summed E-state index contributed by atoms with van der Waals surface area (Å²) in [7, 11) is 0. The van der Waals surface area contributed by atoms with Gasteiger partial charge in [0.15, 0.2) is 0 Å². The largest absolute Gasteiger partial charge is 0.403 e. The highest BCUT2D eigenvalue weighted by Crippen LogP contribution is 2.36. The maximum atomic E-state index is 6.67. The number of rotatable bonds is 6. The number of hydrogen-bond donors (Lipinski definition) is 2. The lowest BCUT2D eigenvalue weighted by Crippen LogP contribution is -2.51. The number of nitrogens with one attached hydrogen (secondary N) is 1. The number of fused-ring (bicyclic) bond motifs is 1. The van der Waals surface area contributed by atoms with Gasteiger partial charge in [-0.3, -0.25) is 9.89 Å². The molecule has 9 heteroatoms. The van der Waals surface area contributed by atoms with Crippen LogP contribution in [0, 0.1) is 0 Å². The number of piperidine rings is 1. The van der Waals surface area contributed by atoms with Gasteiger partial charge in [-0.2, -0.15) is 0 Å². The van der Waals surface area contributed by atoms with Gasteiger partial charge in [-0.05, 0) is 68.8 Å². The Morgan fingerprint density at radius 2 is 2.00 bits per heavy atom. The van der Waals surface area contributed by atoms with Crippen molar-refractivity contribution in [2.24, 2.45) is 10.7 Å². The topological polar surface area (TPSA) is 88.7 Å². The molecule has 2 saturated heterocycles. The first kappa shape index (κ1) is 21.9. The van der Waals surface area contributed by atoms with Crippen LogP contribution >= 0.6 is 23.2 Å². The minimum absolute atomic E-state index is 0.282. The summed E-state index contributed by atoms with van der Waals surface area (Å²) in [6.45, 7) is 3.88. The summed E-state index contributed by atoms with van der Waals surface area (Å²) < 4.78 is 5.35. The van der Waals surface area contributed by atoms with Crippen LogP contribution in [0.4, 0.5) is 5.95 Å². The fourth-order valence-corrected chi connectivity index (χ4v) is 5.05. The Hall–Kier alpha value is -1.93. The molecule has 0 bridgehead atoms. The molecule has 1 aliphatic carbocycles. The summed E-state index contributed by atoms with van der Waals surface area (Å²) in [6.07, 6.45) is 8.68. The van der Waals surface area contributed by atoms with Gasteiger partial charge in [-0.25, -0.2) is 9.97 Å². The average Bonchev–Trinajstić information content (AvgIpc) is 2.73. The fraction of sp³-hybridized carbons (Fsp3) is 0.522. The molecule has 0 unspecified atom stereocenters. The van der Waals surface area contributed by atoms with Crippen molar-refractivity contribution >= 4 is 45.2 Å². The Morgan fingerprint density at radius 3 is 2.62 bits per heavy atom. The number of aromatic nitrogens is 2. The number of anilines is 1. The fourth-order valence-electron chi connectivity index (χ4n) is 4.48. The molecule has 5 rings (SSSR count). The highest BCUT2D eigenvalue weighted by atomic mass is 35.5. The van der Waals surface area contributed by atoms with Gasteiger partial charge >= 0.3 is 0 Å². The molecular weight excluding hydrogens is 447 g/mol. The number of aliphatic imine (C=N–C) groups is 1. The molecule has 3 N–H and O–H groups in total. The Morgan fingerprint density at radius 1 is 1.22 bits per heavy atom. The number of likely N-dealkylation sites (tertiary alicyclic amines) is 1. The van der Waals surface area contributed by atoms with Gasteiger partial charge in [-0.15, -0.1) is 0 Å². The second-order valence-corrected chi connectivity index (χ2v) is 9.60. The highest BCUT2D eigenvalue weighted by Gasteiger charge is 2.30. The number of halogens is 2. The van der Waals surface area contributed by atoms with E-state index in [4.69, 9.17) is 38.7 Å². The lowest BCUT2D eigenvalue weighted by Gasteiger charge is -2.41. The molecule has 7 nitrogen and oxygen atoms in total. The molecule has 2 aromatic rings. The van der Waals surface area contributed by atoms with Crippen LogP contribution < -0.4 is 11.1 Å². The van der Waals surface area contributed by atoms with E-state index in [0.717, 1.165) is 73.5 Å². The monoisotopic (exact) mass is 474 g/mol. The Bertz CT molecular complexity index is 1040. The van der Waals surface area contributed by atoms with E-state index in [1.807, 2.05) is 6.07 Å². The van der Waals surface area contributed by atoms with Crippen LogP contribution in [0.5, 0.6) is 0 Å². The summed E-state index contributed by atoms with van der Waals surface area (Å²) >= 11 is 13.0. The van der Waals surface area contributed by atoms with Crippen LogP contribution in [0.2, 0.25) is 5.02 Å². The molecule has 2 aliphatic heterocycles. The third kappa shape index (κ3) is 4.57. The number of nitrogens with two attached hydrogens (primary N) is 1. The van der Waals surface area contributed by atoms with E-state index >= 15 is 0 Å². The van der Waals surface area contributed by atoms with Crippen molar-refractivity contribution in [3.63, 3.8) is 0 Å². The first-order valence-corrected chi connectivity index (χ1v) is 12.1. The minimum Gasteiger partial charge on any atom is -0.403 e. The van der Waals surface area contributed by atoms with Crippen molar-refractivity contribution in [1.82, 2.24) is 14.9 Å². The van der Waals surface area contributed by atoms with Crippen molar-refractivity contribution in [2.75, 3.05) is 31.6 Å². The van der Waals surface area contributed by atoms with Crippen LogP contribution in [0.25, 0.3) is 10.9 Å². The third-order valence-corrected chi connectivity index (χ3v) is 7.44. The van der Waals surface area contributed by atoms with Crippen molar-refractivity contribution in [1.29, 1.82) is 0 Å². The molecule has 170 valence electrons. The molecule has 1 aromatic heterocycles. The average molecular weight is 475 g/mol. The summed E-state index contributed by atoms with van der Waals surface area (Å²) in [5, 5.41) is 5.17. The number of benzene rings is 1. The third-order valence-electron chi connectivity index (χ3n) is 6.81. The Kier molecular flexibility index (Phi) is 6.51. The smallest absolute Gasteiger partial charge is 0.227 e. The zero-order valence-electron chi connectivity index (χ0n) is 17.9. The summed E-state index contributed by atoms with van der Waals surface area (Å²) in [4.78, 5) is 16.2. The maximum Gasteiger partial charge on any atom is 0.227 e. The van der Waals surface area contributed by atoms with Crippen LogP contribution in [0.15, 0.2) is 35.2 Å². The molecule has 1 aromatic carbocycles. The molecule has 0 atom stereocenters. The van der Waals surface area contributed by atoms with Gasteiger partial charge in [0.1, 0.15) is 5.17 Å². The van der Waals surface area contributed by atoms with Crippen molar-refractivity contribution in [3.05, 3.63) is 40.8 Å². The zero-order chi connectivity index (χ0) is 22.1. The highest BCUT2D eigenvalue weighted by molar-refractivity contribution is 6.69. The van der Waals surface area contributed by atoms with Crippen LogP contribution in [-0.2, 0) is 4.74 Å². The van der Waals surface area contributed by atoms with Crippen LogP contribution in [0.3, 0.4) is 0 Å². The number of hydrogen-bond acceptors (Lipinski definition) is 7. The molecule has 0 spiro atoms. The number of ether oxygens (including phenoxy) is 1. The van der Waals surface area contributed by atoms with E-state index < -0.39 is 0 Å². The van der Waals surface area contributed by atoms with Crippen molar-refractivity contribution in [2.45, 2.75) is 50.1 Å². The van der Waals surface area contributed by atoms with Gasteiger partial charge in [0, 0.05) is 22.8 Å². The van der Waals surface area contributed by atoms with E-state index in [1.54, 1.807) is 6.20 Å². The summed E-state index contributed by atoms with van der Waals surface area (Å²) in [6, 6.07) is 4.94. The van der Waals surface area contributed by atoms with E-state index in [2.05, 4.69) is 26.3 Å². The lowest BCUT2D eigenvalue weighted by molar-refractivity contribution is -0.0712. The normalized spacial score (nSPS) is 22.1. The Labute approximate surface area is 198 Å². The van der Waals surface area contributed by atoms with Crippen molar-refractivity contribution in [3.8, 4) is 0 Å². The summed E-state index contributed by atoms with van der Waals surface area (Å²) in [5.74, 6) is 0.864. The molecule has 1 saturated carbocycles.